The number of rotatable bonds is 4. The Hall–Kier alpha value is -2.53. The molecule has 0 unspecified atom stereocenters. The Morgan fingerprint density at radius 1 is 1.29 bits per heavy atom. The van der Waals surface area contributed by atoms with E-state index in [0.29, 0.717) is 17.3 Å². The van der Waals surface area contributed by atoms with Crippen molar-refractivity contribution in [1.82, 2.24) is 0 Å². The van der Waals surface area contributed by atoms with Crippen LogP contribution in [0.1, 0.15) is 17.0 Å². The minimum atomic E-state index is -0.392. The van der Waals surface area contributed by atoms with Crippen molar-refractivity contribution in [3.05, 3.63) is 58.6 Å². The van der Waals surface area contributed by atoms with Crippen molar-refractivity contribution in [3.63, 3.8) is 0 Å². The van der Waals surface area contributed by atoms with E-state index < -0.39 is 5.92 Å². The molecule has 5 nitrogen and oxygen atoms in total. The molecule has 0 aliphatic carbocycles. The highest BCUT2D eigenvalue weighted by Crippen LogP contribution is 2.35. The number of fused-ring (bicyclic) bond motifs is 1. The highest BCUT2D eigenvalue weighted by molar-refractivity contribution is 6.33. The van der Waals surface area contributed by atoms with Crippen LogP contribution in [0, 0.1) is 6.92 Å². The van der Waals surface area contributed by atoms with Gasteiger partial charge in [-0.2, -0.15) is 0 Å². The van der Waals surface area contributed by atoms with E-state index >= 15 is 0 Å². The molecule has 2 aromatic carbocycles. The van der Waals surface area contributed by atoms with E-state index in [1.165, 1.54) is 0 Å². The number of carbonyl (C=O) groups excluding carboxylic acids is 2. The summed E-state index contributed by atoms with van der Waals surface area (Å²) in [6.45, 7) is 2.47. The quantitative estimate of drug-likeness (QED) is 0.896. The molecule has 0 aromatic heterocycles. The molecule has 0 saturated heterocycles. The van der Waals surface area contributed by atoms with Gasteiger partial charge in [0.25, 0.3) is 0 Å². The molecule has 0 fully saturated rings. The van der Waals surface area contributed by atoms with E-state index in [1.54, 1.807) is 12.1 Å². The number of nitrogens with two attached hydrogens (primary N) is 1. The summed E-state index contributed by atoms with van der Waals surface area (Å²) in [6, 6.07) is 13.0. The molecule has 124 valence electrons. The van der Waals surface area contributed by atoms with E-state index in [2.05, 4.69) is 5.32 Å². The largest absolute Gasteiger partial charge is 0.369 e. The SMILES string of the molecule is Cc1ccc(NC(=O)CN2C[C@H](C(N)=O)c3ccccc32)c(Cl)c1. The van der Waals surface area contributed by atoms with Crippen LogP contribution in [0.3, 0.4) is 0 Å². The van der Waals surface area contributed by atoms with E-state index in [9.17, 15) is 9.59 Å². The lowest BCUT2D eigenvalue weighted by Crippen LogP contribution is -2.34. The first-order valence-corrected chi connectivity index (χ1v) is 8.02. The van der Waals surface area contributed by atoms with Crippen molar-refractivity contribution in [1.29, 1.82) is 0 Å². The smallest absolute Gasteiger partial charge is 0.243 e. The number of halogens is 1. The number of nitrogens with zero attached hydrogens (tertiary/aromatic N) is 1. The topological polar surface area (TPSA) is 75.4 Å². The van der Waals surface area contributed by atoms with Crippen LogP contribution >= 0.6 is 11.6 Å². The fourth-order valence-electron chi connectivity index (χ4n) is 2.96. The maximum atomic E-state index is 12.4. The molecule has 3 rings (SSSR count). The summed E-state index contributed by atoms with van der Waals surface area (Å²) in [5.74, 6) is -0.968. The Balaban J connectivity index is 1.74. The molecule has 0 bridgehead atoms. The summed E-state index contributed by atoms with van der Waals surface area (Å²) in [6.07, 6.45) is 0. The molecule has 24 heavy (non-hydrogen) atoms. The lowest BCUT2D eigenvalue weighted by atomic mass is 10.0. The predicted octanol–water partition coefficient (Wildman–Crippen LogP) is 2.68. The Labute approximate surface area is 145 Å². The molecule has 1 atom stereocenters. The van der Waals surface area contributed by atoms with Crippen LogP contribution in [-0.2, 0) is 9.59 Å². The molecular weight excluding hydrogens is 326 g/mol. The monoisotopic (exact) mass is 343 g/mol. The van der Waals surface area contributed by atoms with Gasteiger partial charge in [0, 0.05) is 12.2 Å². The van der Waals surface area contributed by atoms with Gasteiger partial charge in [-0.25, -0.2) is 0 Å². The number of nitrogens with one attached hydrogen (secondary N) is 1. The van der Waals surface area contributed by atoms with Gasteiger partial charge in [0.05, 0.1) is 23.2 Å². The minimum absolute atomic E-state index is 0.130. The molecule has 0 saturated carbocycles. The third kappa shape index (κ3) is 3.21. The van der Waals surface area contributed by atoms with Gasteiger partial charge in [-0.3, -0.25) is 9.59 Å². The lowest BCUT2D eigenvalue weighted by Gasteiger charge is -2.19. The Kier molecular flexibility index (Phi) is 4.44. The number of anilines is 2. The molecule has 0 spiro atoms. The first-order chi connectivity index (χ1) is 11.5. The van der Waals surface area contributed by atoms with Crippen molar-refractivity contribution in [2.45, 2.75) is 12.8 Å². The van der Waals surface area contributed by atoms with Crippen molar-refractivity contribution >= 4 is 34.8 Å². The summed E-state index contributed by atoms with van der Waals surface area (Å²) in [5, 5.41) is 3.31. The minimum Gasteiger partial charge on any atom is -0.369 e. The summed E-state index contributed by atoms with van der Waals surface area (Å²) in [5.41, 5.74) is 8.81. The summed E-state index contributed by atoms with van der Waals surface area (Å²) in [4.78, 5) is 25.9. The fourth-order valence-corrected chi connectivity index (χ4v) is 3.25. The standard InChI is InChI=1S/C18H18ClN3O2/c1-11-6-7-15(14(19)8-11)21-17(23)10-22-9-13(18(20)24)12-4-2-3-5-16(12)22/h2-8,13H,9-10H2,1H3,(H2,20,24)(H,21,23)/t13-/m0/s1. The third-order valence-electron chi connectivity index (χ3n) is 4.13. The molecule has 1 heterocycles. The van der Waals surface area contributed by atoms with Gasteiger partial charge in [-0.1, -0.05) is 35.9 Å². The second kappa shape index (κ2) is 6.53. The number of amides is 2. The average Bonchev–Trinajstić information content (AvgIpc) is 2.89. The van der Waals surface area contributed by atoms with Crippen molar-refractivity contribution in [2.75, 3.05) is 23.3 Å². The van der Waals surface area contributed by atoms with Crippen LogP contribution in [0.15, 0.2) is 42.5 Å². The van der Waals surface area contributed by atoms with Gasteiger partial charge in [0.1, 0.15) is 0 Å². The van der Waals surface area contributed by atoms with Crippen LogP contribution in [0.25, 0.3) is 0 Å². The molecule has 2 aromatic rings. The molecule has 1 aliphatic rings. The first kappa shape index (κ1) is 16.3. The van der Waals surface area contributed by atoms with Crippen LogP contribution in [0.4, 0.5) is 11.4 Å². The summed E-state index contributed by atoms with van der Waals surface area (Å²) >= 11 is 6.15. The lowest BCUT2D eigenvalue weighted by molar-refractivity contribution is -0.119. The number of hydrogen-bond acceptors (Lipinski definition) is 3. The van der Waals surface area contributed by atoms with Gasteiger partial charge in [-0.05, 0) is 36.2 Å². The average molecular weight is 344 g/mol. The van der Waals surface area contributed by atoms with E-state index in [-0.39, 0.29) is 18.4 Å². The molecule has 0 radical (unpaired) electrons. The number of aryl methyl sites for hydroxylation is 1. The highest BCUT2D eigenvalue weighted by Gasteiger charge is 2.32. The predicted molar refractivity (Wildman–Crippen MR) is 95.4 cm³/mol. The zero-order valence-corrected chi connectivity index (χ0v) is 14.0. The first-order valence-electron chi connectivity index (χ1n) is 7.65. The summed E-state index contributed by atoms with van der Waals surface area (Å²) < 4.78 is 0. The van der Waals surface area contributed by atoms with Crippen LogP contribution in [-0.4, -0.2) is 24.9 Å². The second-order valence-corrected chi connectivity index (χ2v) is 6.33. The van der Waals surface area contributed by atoms with E-state index in [0.717, 1.165) is 16.8 Å². The zero-order chi connectivity index (χ0) is 17.3. The molecule has 6 heteroatoms. The van der Waals surface area contributed by atoms with Gasteiger partial charge in [0.15, 0.2) is 0 Å². The van der Waals surface area contributed by atoms with Gasteiger partial charge in [-0.15, -0.1) is 0 Å². The highest BCUT2D eigenvalue weighted by atomic mass is 35.5. The van der Waals surface area contributed by atoms with E-state index in [4.69, 9.17) is 17.3 Å². The van der Waals surface area contributed by atoms with Crippen molar-refractivity contribution < 1.29 is 9.59 Å². The normalized spacial score (nSPS) is 15.9. The van der Waals surface area contributed by atoms with Gasteiger partial charge < -0.3 is 16.0 Å². The number of benzene rings is 2. The maximum absolute atomic E-state index is 12.4. The van der Waals surface area contributed by atoms with Gasteiger partial charge >= 0.3 is 0 Å². The van der Waals surface area contributed by atoms with Gasteiger partial charge in [0.2, 0.25) is 11.8 Å². The number of hydrogen-bond donors (Lipinski definition) is 2. The number of primary amides is 1. The molecular formula is C18H18ClN3O2. The zero-order valence-electron chi connectivity index (χ0n) is 13.3. The molecule has 1 aliphatic heterocycles. The van der Waals surface area contributed by atoms with Crippen molar-refractivity contribution in [3.8, 4) is 0 Å². The number of carbonyl (C=O) groups is 2. The second-order valence-electron chi connectivity index (χ2n) is 5.93. The summed E-state index contributed by atoms with van der Waals surface area (Å²) in [7, 11) is 0. The van der Waals surface area contributed by atoms with E-state index in [1.807, 2.05) is 42.2 Å². The Morgan fingerprint density at radius 2 is 2.04 bits per heavy atom. The number of para-hydroxylation sites is 1. The fraction of sp³-hybridized carbons (Fsp3) is 0.222. The Bertz CT molecular complexity index is 807. The van der Waals surface area contributed by atoms with Crippen LogP contribution in [0.5, 0.6) is 0 Å². The molecule has 2 amide bonds. The van der Waals surface area contributed by atoms with Crippen molar-refractivity contribution in [2.24, 2.45) is 5.73 Å². The van der Waals surface area contributed by atoms with Crippen LogP contribution < -0.4 is 16.0 Å². The van der Waals surface area contributed by atoms with Crippen LogP contribution in [0.2, 0.25) is 5.02 Å². The Morgan fingerprint density at radius 3 is 2.75 bits per heavy atom. The third-order valence-corrected chi connectivity index (χ3v) is 4.45. The maximum Gasteiger partial charge on any atom is 0.243 e. The molecule has 3 N–H and O–H groups in total.